The summed E-state index contributed by atoms with van der Waals surface area (Å²) in [6, 6.07) is 8.34. The standard InChI is InChI=1S/C22H28N7O2P/c1-30-8-7-24-22-23-6-5-19(28-22)29-11-15(12-29)27-21(32)14-9-16(10-14)31-18-4-2-3-17-20(18)26-13-25-17/h2-6,13-16,27,32H,7-12H2,1H3,(H,25,26)(H,23,24,28). The molecule has 0 atom stereocenters. The Kier molecular flexibility index (Phi) is 6.21. The molecule has 1 saturated carbocycles. The molecule has 2 fully saturated rings. The van der Waals surface area contributed by atoms with Gasteiger partial charge in [0, 0.05) is 50.3 Å². The van der Waals surface area contributed by atoms with Crippen molar-refractivity contribution >= 4 is 37.1 Å². The van der Waals surface area contributed by atoms with Gasteiger partial charge in [0.15, 0.2) is 0 Å². The number of hydrogen-bond donors (Lipinski definition) is 3. The molecule has 2 aromatic heterocycles. The smallest absolute Gasteiger partial charge is 0.224 e. The Bertz CT molecular complexity index is 1080. The van der Waals surface area contributed by atoms with E-state index >= 15 is 0 Å². The number of fused-ring (bicyclic) bond motifs is 1. The monoisotopic (exact) mass is 453 g/mol. The molecule has 0 spiro atoms. The van der Waals surface area contributed by atoms with Crippen LogP contribution in [0.15, 0.2) is 36.8 Å². The largest absolute Gasteiger partial charge is 0.488 e. The van der Waals surface area contributed by atoms with Crippen LogP contribution in [-0.4, -0.2) is 70.9 Å². The lowest BCUT2D eigenvalue weighted by molar-refractivity contribution is 0.0946. The van der Waals surface area contributed by atoms with Gasteiger partial charge in [0.05, 0.1) is 18.5 Å². The van der Waals surface area contributed by atoms with Crippen LogP contribution in [0.1, 0.15) is 12.8 Å². The van der Waals surface area contributed by atoms with Crippen molar-refractivity contribution in [2.24, 2.45) is 5.92 Å². The molecule has 1 aromatic carbocycles. The Morgan fingerprint density at radius 3 is 2.97 bits per heavy atom. The van der Waals surface area contributed by atoms with Gasteiger partial charge in [-0.2, -0.15) is 4.98 Å². The number of anilines is 2. The molecule has 2 aliphatic rings. The molecular formula is C22H28N7O2P. The second-order valence-electron chi connectivity index (χ2n) is 8.28. The molecule has 1 saturated heterocycles. The minimum Gasteiger partial charge on any atom is -0.488 e. The summed E-state index contributed by atoms with van der Waals surface area (Å²) in [5, 5.41) is 6.80. The number of nitrogens with zero attached hydrogens (tertiary/aromatic N) is 4. The third kappa shape index (κ3) is 4.55. The Hall–Kier alpha value is -2.74. The van der Waals surface area contributed by atoms with Crippen LogP contribution in [0, 0.1) is 5.92 Å². The van der Waals surface area contributed by atoms with Crippen LogP contribution in [0.2, 0.25) is 0 Å². The summed E-state index contributed by atoms with van der Waals surface area (Å²) in [7, 11) is 5.50. The fraction of sp³-hybridized carbons (Fsp3) is 0.455. The summed E-state index contributed by atoms with van der Waals surface area (Å²) in [5.41, 5.74) is 3.06. The highest BCUT2D eigenvalue weighted by Crippen LogP contribution is 2.34. The first-order chi connectivity index (χ1) is 15.7. The zero-order valence-corrected chi connectivity index (χ0v) is 19.0. The lowest BCUT2D eigenvalue weighted by Gasteiger charge is -2.43. The number of ether oxygens (including phenoxy) is 2. The van der Waals surface area contributed by atoms with Crippen molar-refractivity contribution < 1.29 is 9.47 Å². The zero-order valence-electron chi connectivity index (χ0n) is 18.0. The number of rotatable bonds is 10. The third-order valence-electron chi connectivity index (χ3n) is 6.00. The number of imidazole rings is 1. The highest BCUT2D eigenvalue weighted by atomic mass is 31.0. The van der Waals surface area contributed by atoms with Crippen LogP contribution in [0.5, 0.6) is 5.75 Å². The molecule has 168 valence electrons. The van der Waals surface area contributed by atoms with E-state index in [-0.39, 0.29) is 6.10 Å². The van der Waals surface area contributed by atoms with E-state index in [1.165, 1.54) is 0 Å². The topological polar surface area (TPSA) is 100 Å². The molecular weight excluding hydrogens is 425 g/mol. The molecule has 3 aromatic rings. The lowest BCUT2D eigenvalue weighted by Crippen LogP contribution is -2.61. The molecule has 0 amide bonds. The second-order valence-corrected chi connectivity index (χ2v) is 8.82. The number of methoxy groups -OCH3 is 1. The summed E-state index contributed by atoms with van der Waals surface area (Å²) in [4.78, 5) is 18.6. The highest BCUT2D eigenvalue weighted by molar-refractivity contribution is 7.21. The van der Waals surface area contributed by atoms with Crippen molar-refractivity contribution in [3.05, 3.63) is 36.8 Å². The summed E-state index contributed by atoms with van der Waals surface area (Å²) in [6.07, 6.45) is 5.70. The number of aromatic nitrogens is 4. The molecule has 0 radical (unpaired) electrons. The second kappa shape index (κ2) is 9.40. The first-order valence-electron chi connectivity index (χ1n) is 10.9. The van der Waals surface area contributed by atoms with Gasteiger partial charge in [-0.05, 0) is 31.0 Å². The van der Waals surface area contributed by atoms with E-state index in [0.717, 1.165) is 53.9 Å². The van der Waals surface area contributed by atoms with E-state index in [1.807, 2.05) is 24.3 Å². The van der Waals surface area contributed by atoms with Gasteiger partial charge in [0.25, 0.3) is 0 Å². The summed E-state index contributed by atoms with van der Waals surface area (Å²) in [5.74, 6) is 2.90. The van der Waals surface area contributed by atoms with Gasteiger partial charge in [-0.3, -0.25) is 5.32 Å². The van der Waals surface area contributed by atoms with Crippen LogP contribution in [-0.2, 0) is 4.74 Å². The van der Waals surface area contributed by atoms with Crippen LogP contribution < -0.4 is 20.3 Å². The molecule has 1 aliphatic carbocycles. The number of H-pyrrole nitrogens is 1. The van der Waals surface area contributed by atoms with Crippen molar-refractivity contribution in [3.8, 4) is 5.75 Å². The first kappa shape index (κ1) is 21.1. The molecule has 9 nitrogen and oxygen atoms in total. The summed E-state index contributed by atoms with van der Waals surface area (Å²) in [6.45, 7) is 3.14. The SMILES string of the molecule is COCCNc1nccc(N2CC(NC(=P)C3CC(Oc4cccc5[nH]cnc45)C3)C2)n1. The predicted molar refractivity (Wildman–Crippen MR) is 128 cm³/mol. The summed E-state index contributed by atoms with van der Waals surface area (Å²) < 4.78 is 11.2. The van der Waals surface area contributed by atoms with Gasteiger partial charge in [0.2, 0.25) is 5.95 Å². The van der Waals surface area contributed by atoms with Crippen molar-refractivity contribution in [1.82, 2.24) is 25.3 Å². The van der Waals surface area contributed by atoms with Gasteiger partial charge in [-0.15, -0.1) is 8.86 Å². The van der Waals surface area contributed by atoms with Crippen molar-refractivity contribution in [1.29, 1.82) is 0 Å². The Balaban J connectivity index is 1.05. The Labute approximate surface area is 189 Å². The van der Waals surface area contributed by atoms with E-state index in [2.05, 4.69) is 44.3 Å². The average Bonchev–Trinajstić information content (AvgIpc) is 3.22. The van der Waals surface area contributed by atoms with E-state index in [1.54, 1.807) is 19.6 Å². The molecule has 0 bridgehead atoms. The first-order valence-corrected chi connectivity index (χ1v) is 11.4. The normalized spacial score (nSPS) is 20.6. The van der Waals surface area contributed by atoms with E-state index in [4.69, 9.17) is 9.47 Å². The van der Waals surface area contributed by atoms with Gasteiger partial charge in [-0.25, -0.2) is 9.97 Å². The van der Waals surface area contributed by atoms with Gasteiger partial charge in [-0.1, -0.05) is 6.07 Å². The number of hydrogen-bond acceptors (Lipinski definition) is 7. The maximum atomic E-state index is 6.19. The van der Waals surface area contributed by atoms with Crippen LogP contribution >= 0.6 is 8.86 Å². The maximum absolute atomic E-state index is 6.19. The fourth-order valence-corrected chi connectivity index (χ4v) is 4.52. The number of para-hydroxylation sites is 1. The zero-order chi connectivity index (χ0) is 21.9. The highest BCUT2D eigenvalue weighted by Gasteiger charge is 2.36. The van der Waals surface area contributed by atoms with E-state index in [0.29, 0.717) is 31.1 Å². The van der Waals surface area contributed by atoms with E-state index < -0.39 is 0 Å². The molecule has 3 N–H and O–H groups in total. The number of nitrogens with one attached hydrogen (secondary N) is 3. The van der Waals surface area contributed by atoms with Crippen molar-refractivity contribution in [2.75, 3.05) is 43.6 Å². The quantitative estimate of drug-likeness (QED) is 0.318. The van der Waals surface area contributed by atoms with Crippen LogP contribution in [0.3, 0.4) is 0 Å². The van der Waals surface area contributed by atoms with Gasteiger partial charge >= 0.3 is 0 Å². The Morgan fingerprint density at radius 1 is 1.25 bits per heavy atom. The van der Waals surface area contributed by atoms with Gasteiger partial charge in [0.1, 0.15) is 23.2 Å². The fourth-order valence-electron chi connectivity index (χ4n) is 4.08. The molecule has 32 heavy (non-hydrogen) atoms. The predicted octanol–water partition coefficient (Wildman–Crippen LogP) is 2.32. The van der Waals surface area contributed by atoms with Crippen molar-refractivity contribution in [2.45, 2.75) is 25.0 Å². The minimum absolute atomic E-state index is 0.221. The minimum atomic E-state index is 0.221. The number of benzene rings is 1. The lowest BCUT2D eigenvalue weighted by atomic mass is 9.81. The van der Waals surface area contributed by atoms with Crippen LogP contribution in [0.4, 0.5) is 11.8 Å². The average molecular weight is 453 g/mol. The molecule has 1 aliphatic heterocycles. The Morgan fingerprint density at radius 2 is 2.12 bits per heavy atom. The number of aromatic amines is 1. The van der Waals surface area contributed by atoms with Gasteiger partial charge < -0.3 is 24.7 Å². The molecule has 10 heteroatoms. The molecule has 3 heterocycles. The van der Waals surface area contributed by atoms with Crippen LogP contribution in [0.25, 0.3) is 11.0 Å². The van der Waals surface area contributed by atoms with Crippen molar-refractivity contribution in [3.63, 3.8) is 0 Å². The molecule has 0 unspecified atom stereocenters. The van der Waals surface area contributed by atoms with E-state index in [9.17, 15) is 0 Å². The molecule has 5 rings (SSSR count). The summed E-state index contributed by atoms with van der Waals surface area (Å²) >= 11 is 0. The third-order valence-corrected chi connectivity index (χ3v) is 6.56. The maximum Gasteiger partial charge on any atom is 0.224 e.